The molecule has 1 N–H and O–H groups in total. The smallest absolute Gasteiger partial charge is 0.232 e. The van der Waals surface area contributed by atoms with Gasteiger partial charge in [0.15, 0.2) is 0 Å². The van der Waals surface area contributed by atoms with Gasteiger partial charge in [-0.05, 0) is 61.1 Å². The summed E-state index contributed by atoms with van der Waals surface area (Å²) in [7, 11) is -3.46. The van der Waals surface area contributed by atoms with Crippen LogP contribution >= 0.6 is 0 Å². The molecule has 0 saturated carbocycles. The summed E-state index contributed by atoms with van der Waals surface area (Å²) in [5.74, 6) is 0.0454. The van der Waals surface area contributed by atoms with E-state index in [-0.39, 0.29) is 24.8 Å². The number of sulfonamides is 1. The zero-order valence-electron chi connectivity index (χ0n) is 19.6. The Labute approximate surface area is 196 Å². The van der Waals surface area contributed by atoms with Crippen LogP contribution in [-0.4, -0.2) is 44.5 Å². The normalized spacial score (nSPS) is 13.9. The lowest BCUT2D eigenvalue weighted by molar-refractivity contribution is -0.128. The summed E-state index contributed by atoms with van der Waals surface area (Å²) < 4.78 is 26.0. The summed E-state index contributed by atoms with van der Waals surface area (Å²) in [4.78, 5) is 26.3. The van der Waals surface area contributed by atoms with E-state index in [0.717, 1.165) is 35.2 Å². The highest BCUT2D eigenvalue weighted by molar-refractivity contribution is 7.92. The molecular weight excluding hydrogens is 438 g/mol. The molecule has 0 unspecified atom stereocenters. The average Bonchev–Trinajstić information content (AvgIpc) is 3.13. The van der Waals surface area contributed by atoms with Gasteiger partial charge >= 0.3 is 0 Å². The number of hydrogen-bond donors (Lipinski definition) is 1. The van der Waals surface area contributed by atoms with Crippen molar-refractivity contribution in [2.45, 2.75) is 52.6 Å². The monoisotopic (exact) mass is 471 g/mol. The molecule has 7 nitrogen and oxygen atoms in total. The van der Waals surface area contributed by atoms with Crippen molar-refractivity contribution in [1.82, 2.24) is 10.2 Å². The van der Waals surface area contributed by atoms with Gasteiger partial charge in [0.1, 0.15) is 0 Å². The minimum absolute atomic E-state index is 0.129. The Bertz CT molecular complexity index is 1090. The number of benzene rings is 2. The maximum absolute atomic E-state index is 12.5. The number of carbonyl (C=O) groups is 2. The Hall–Kier alpha value is -2.87. The number of nitrogens with one attached hydrogen (secondary N) is 1. The van der Waals surface area contributed by atoms with Crippen LogP contribution in [0, 0.1) is 13.8 Å². The minimum atomic E-state index is -3.46. The molecule has 1 aliphatic heterocycles. The zero-order valence-corrected chi connectivity index (χ0v) is 20.5. The number of likely N-dealkylation sites (tertiary alicyclic amines) is 1. The zero-order chi connectivity index (χ0) is 24.0. The van der Waals surface area contributed by atoms with E-state index < -0.39 is 10.0 Å². The van der Waals surface area contributed by atoms with Crippen molar-refractivity contribution < 1.29 is 18.0 Å². The van der Waals surface area contributed by atoms with Crippen LogP contribution < -0.4 is 9.62 Å². The van der Waals surface area contributed by atoms with E-state index in [0.29, 0.717) is 31.6 Å². The number of nitrogens with zero attached hydrogens (tertiary/aromatic N) is 2. The molecule has 0 spiro atoms. The Morgan fingerprint density at radius 3 is 2.36 bits per heavy atom. The third-order valence-electron chi connectivity index (χ3n) is 5.79. The average molecular weight is 472 g/mol. The number of amides is 2. The number of rotatable bonds is 10. The maximum atomic E-state index is 12.5. The first kappa shape index (κ1) is 24.8. The fraction of sp³-hybridized carbons (Fsp3) is 0.440. The number of anilines is 1. The molecule has 2 aromatic carbocycles. The molecule has 2 amide bonds. The van der Waals surface area contributed by atoms with Gasteiger partial charge in [0.05, 0.1) is 11.9 Å². The van der Waals surface area contributed by atoms with Gasteiger partial charge in [0.25, 0.3) is 0 Å². The van der Waals surface area contributed by atoms with Crippen LogP contribution in [-0.2, 0) is 32.7 Å². The fourth-order valence-corrected chi connectivity index (χ4v) is 5.16. The van der Waals surface area contributed by atoms with Crippen molar-refractivity contribution in [1.29, 1.82) is 0 Å². The second-order valence-corrected chi connectivity index (χ2v) is 10.7. The molecule has 2 aromatic rings. The molecule has 0 aromatic heterocycles. The lowest BCUT2D eigenvalue weighted by atomic mass is 10.1. The lowest BCUT2D eigenvalue weighted by Gasteiger charge is -2.23. The van der Waals surface area contributed by atoms with Crippen LogP contribution in [0.3, 0.4) is 0 Å². The molecule has 0 aliphatic carbocycles. The number of aryl methyl sites for hydroxylation is 2. The van der Waals surface area contributed by atoms with Crippen molar-refractivity contribution in [3.05, 3.63) is 64.7 Å². The highest BCUT2D eigenvalue weighted by Crippen LogP contribution is 2.22. The summed E-state index contributed by atoms with van der Waals surface area (Å²) in [6.07, 6.45) is 3.32. The Morgan fingerprint density at radius 2 is 1.76 bits per heavy atom. The van der Waals surface area contributed by atoms with Gasteiger partial charge in [-0.15, -0.1) is 0 Å². The van der Waals surface area contributed by atoms with Crippen LogP contribution in [0.4, 0.5) is 5.69 Å². The van der Waals surface area contributed by atoms with Crippen LogP contribution in [0.15, 0.2) is 42.5 Å². The molecule has 3 rings (SSSR count). The second kappa shape index (κ2) is 10.8. The molecule has 1 aliphatic rings. The van der Waals surface area contributed by atoms with E-state index >= 15 is 0 Å². The molecule has 0 radical (unpaired) electrons. The fourth-order valence-electron chi connectivity index (χ4n) is 4.21. The largest absolute Gasteiger partial charge is 0.352 e. The molecule has 33 heavy (non-hydrogen) atoms. The third kappa shape index (κ3) is 7.05. The molecule has 1 heterocycles. The first-order chi connectivity index (χ1) is 15.6. The van der Waals surface area contributed by atoms with E-state index in [4.69, 9.17) is 0 Å². The van der Waals surface area contributed by atoms with Crippen molar-refractivity contribution in [2.75, 3.05) is 23.7 Å². The predicted molar refractivity (Wildman–Crippen MR) is 130 cm³/mol. The van der Waals surface area contributed by atoms with Gasteiger partial charge in [-0.2, -0.15) is 0 Å². The Balaban J connectivity index is 1.54. The van der Waals surface area contributed by atoms with Crippen molar-refractivity contribution >= 4 is 27.5 Å². The van der Waals surface area contributed by atoms with Gasteiger partial charge in [0.2, 0.25) is 21.8 Å². The predicted octanol–water partition coefficient (Wildman–Crippen LogP) is 3.29. The first-order valence-corrected chi connectivity index (χ1v) is 13.2. The summed E-state index contributed by atoms with van der Waals surface area (Å²) in [5.41, 5.74) is 4.63. The quantitative estimate of drug-likeness (QED) is 0.576. The SMILES string of the molecule is Cc1cc(C)cc(N(CCCC(=O)NCc2ccccc2CN2CCCC2=O)S(C)(=O)=O)c1. The van der Waals surface area contributed by atoms with Crippen molar-refractivity contribution in [2.24, 2.45) is 0 Å². The molecule has 0 bridgehead atoms. The summed E-state index contributed by atoms with van der Waals surface area (Å²) in [6.45, 7) is 5.82. The molecule has 8 heteroatoms. The number of hydrogen-bond acceptors (Lipinski definition) is 4. The van der Waals surface area contributed by atoms with E-state index in [1.807, 2.05) is 61.2 Å². The Morgan fingerprint density at radius 1 is 1.09 bits per heavy atom. The second-order valence-electron chi connectivity index (χ2n) is 8.75. The van der Waals surface area contributed by atoms with Crippen LogP contribution in [0.1, 0.15) is 47.9 Å². The van der Waals surface area contributed by atoms with E-state index in [9.17, 15) is 18.0 Å². The van der Waals surface area contributed by atoms with Crippen LogP contribution in [0.5, 0.6) is 0 Å². The van der Waals surface area contributed by atoms with Crippen molar-refractivity contribution in [3.63, 3.8) is 0 Å². The Kier molecular flexibility index (Phi) is 8.13. The molecule has 0 atom stereocenters. The van der Waals surface area contributed by atoms with Crippen LogP contribution in [0.25, 0.3) is 0 Å². The number of carbonyl (C=O) groups excluding carboxylic acids is 2. The van der Waals surface area contributed by atoms with E-state index in [1.165, 1.54) is 10.6 Å². The summed E-state index contributed by atoms with van der Waals surface area (Å²) in [6, 6.07) is 13.5. The highest BCUT2D eigenvalue weighted by atomic mass is 32.2. The van der Waals surface area contributed by atoms with E-state index in [2.05, 4.69) is 5.32 Å². The van der Waals surface area contributed by atoms with Gasteiger partial charge in [-0.1, -0.05) is 30.3 Å². The summed E-state index contributed by atoms with van der Waals surface area (Å²) >= 11 is 0. The van der Waals surface area contributed by atoms with Gasteiger partial charge in [0, 0.05) is 39.0 Å². The molecule has 1 fully saturated rings. The topological polar surface area (TPSA) is 86.8 Å². The molecule has 178 valence electrons. The molecule has 1 saturated heterocycles. The molecular formula is C25H33N3O4S. The lowest BCUT2D eigenvalue weighted by Crippen LogP contribution is -2.32. The minimum Gasteiger partial charge on any atom is -0.352 e. The van der Waals surface area contributed by atoms with Gasteiger partial charge in [-0.25, -0.2) is 8.42 Å². The van der Waals surface area contributed by atoms with Gasteiger partial charge < -0.3 is 10.2 Å². The standard InChI is InChI=1S/C25H33N3O4S/c1-19-14-20(2)16-23(15-19)28(33(3,31)32)13-6-10-24(29)26-17-21-8-4-5-9-22(21)18-27-12-7-11-25(27)30/h4-5,8-9,14-16H,6-7,10-13,17-18H2,1-3H3,(H,26,29). The maximum Gasteiger partial charge on any atom is 0.232 e. The third-order valence-corrected chi connectivity index (χ3v) is 6.98. The van der Waals surface area contributed by atoms with Crippen molar-refractivity contribution in [3.8, 4) is 0 Å². The summed E-state index contributed by atoms with van der Waals surface area (Å²) in [5, 5.41) is 2.94. The van der Waals surface area contributed by atoms with Crippen LogP contribution in [0.2, 0.25) is 0 Å². The van der Waals surface area contributed by atoms with Gasteiger partial charge in [-0.3, -0.25) is 13.9 Å². The first-order valence-electron chi connectivity index (χ1n) is 11.3. The highest BCUT2D eigenvalue weighted by Gasteiger charge is 2.21. The van der Waals surface area contributed by atoms with E-state index in [1.54, 1.807) is 0 Å².